The van der Waals surface area contributed by atoms with Crippen LogP contribution < -0.4 is 0 Å². The van der Waals surface area contributed by atoms with Gasteiger partial charge in [0.2, 0.25) is 0 Å². The Morgan fingerprint density at radius 3 is 1.50 bits per heavy atom. The van der Waals surface area contributed by atoms with Crippen LogP contribution in [0.3, 0.4) is 0 Å². The fraction of sp³-hybridized carbons (Fsp3) is 0.925. The van der Waals surface area contributed by atoms with Crippen LogP contribution in [0.1, 0.15) is 107 Å². The molecule has 0 amide bonds. The number of esters is 1. The number of hydrogen-bond donors (Lipinski definition) is 17. The first-order valence-electron chi connectivity index (χ1n) is 34.9. The highest BCUT2D eigenvalue weighted by atomic mass is 16.8. The van der Waals surface area contributed by atoms with E-state index in [1.165, 1.54) is 21.1 Å². The molecule has 11 rings (SSSR count). The maximum absolute atomic E-state index is 14.7. The lowest BCUT2D eigenvalue weighted by Gasteiger charge is -2.64. The molecule has 0 aromatic rings. The molecule has 11 aliphatic rings. The van der Waals surface area contributed by atoms with E-state index in [2.05, 4.69) is 6.92 Å². The van der Waals surface area contributed by atoms with E-state index in [1.807, 2.05) is 40.7 Å². The topological polar surface area (TPSA) is 499 Å². The van der Waals surface area contributed by atoms with Crippen molar-refractivity contribution in [3.05, 3.63) is 23.3 Å². The summed E-state index contributed by atoms with van der Waals surface area (Å²) in [7, 11) is 2.35. The zero-order valence-corrected chi connectivity index (χ0v) is 58.0. The molecular weight excluding hydrogens is 1330 g/mol. The van der Waals surface area contributed by atoms with Crippen molar-refractivity contribution in [2.75, 3.05) is 47.3 Å². The molecular formula is C67H108O33. The number of aliphatic hydroxyl groups excluding tert-OH is 16. The van der Waals surface area contributed by atoms with Gasteiger partial charge in [0.05, 0.1) is 51.3 Å². The third-order valence-corrected chi connectivity index (χ3v) is 24.8. The zero-order valence-electron chi connectivity index (χ0n) is 58.0. The second-order valence-corrected chi connectivity index (χ2v) is 30.9. The Kier molecular flexibility index (Phi) is 23.7. The van der Waals surface area contributed by atoms with Crippen molar-refractivity contribution in [1.29, 1.82) is 0 Å². The fourth-order valence-corrected chi connectivity index (χ4v) is 19.2. The van der Waals surface area contributed by atoms with Crippen LogP contribution in [0.5, 0.6) is 0 Å². The van der Waals surface area contributed by atoms with Crippen molar-refractivity contribution in [1.82, 2.24) is 0 Å². The number of carbonyl (C=O) groups excluding carboxylic acids is 1. The van der Waals surface area contributed by atoms with Crippen LogP contribution in [-0.4, -0.2) is 342 Å². The number of allylic oxidation sites excluding steroid dienone is 3. The van der Waals surface area contributed by atoms with E-state index < -0.39 is 262 Å². The Morgan fingerprint density at radius 1 is 0.530 bits per heavy atom. The predicted molar refractivity (Wildman–Crippen MR) is 333 cm³/mol. The standard InChI is InChI=1S/C67H108O33/c1-26(2)12-11-16-65(8)66(85)19-18-64(7)28-13-14-35-62(4,5)37(15-17-63(35,6)29(28)20-36(72)67(64,66)61(84)100-65)95-60-54(42(77)34(25-88-60)94-56-47(82)52(40(75)32(23-70)90-56)97-57-45(80)50(86-9)38(73)30(21-68)91-57)99-55-44(79)43(78)49(27(3)89-55)96-59-48(83)53(41(76)33(24-71)93-59)98-58-46(81)51(87-10)39(74)31(22-69)92-58/h12,20,27-28,30-60,68-83,85H,11,13-19,21-25H2,1-10H3/t27-,28-,30-,31-,32-,33-,34-,35+,36+,37+,38-,39-,40-,41-,42+,43-,44-,45-,46-,47-,48-,49-,50+,51+,52+,53+,54-,55?,56-,57+,58+,59+,60+,63-,64+,65+,66+,67-/m1/s1. The second-order valence-electron chi connectivity index (χ2n) is 30.9. The Bertz CT molecular complexity index is 2850. The van der Waals surface area contributed by atoms with Crippen LogP contribution in [0.15, 0.2) is 23.3 Å². The fourth-order valence-electron chi connectivity index (χ4n) is 19.2. The van der Waals surface area contributed by atoms with Crippen molar-refractivity contribution in [3.63, 3.8) is 0 Å². The average molecular weight is 1440 g/mol. The third kappa shape index (κ3) is 12.9. The first kappa shape index (κ1) is 78.8. The van der Waals surface area contributed by atoms with Gasteiger partial charge < -0.3 is 158 Å². The Hall–Kier alpha value is -2.29. The summed E-state index contributed by atoms with van der Waals surface area (Å²) in [5.41, 5.74) is -4.78. The van der Waals surface area contributed by atoms with Crippen LogP contribution >= 0.6 is 0 Å². The van der Waals surface area contributed by atoms with E-state index in [9.17, 15) is 91.6 Å². The smallest absolute Gasteiger partial charge is 0.319 e. The van der Waals surface area contributed by atoms with Gasteiger partial charge in [-0.1, -0.05) is 51.0 Å². The maximum Gasteiger partial charge on any atom is 0.319 e. The van der Waals surface area contributed by atoms with Crippen molar-refractivity contribution >= 4 is 5.97 Å². The van der Waals surface area contributed by atoms with Gasteiger partial charge in [-0.05, 0) is 107 Å². The third-order valence-electron chi connectivity index (χ3n) is 24.8. The molecule has 0 aromatic carbocycles. The molecule has 17 N–H and O–H groups in total. The molecule has 3 saturated carbocycles. The lowest BCUT2D eigenvalue weighted by molar-refractivity contribution is -0.397. The predicted octanol–water partition coefficient (Wildman–Crippen LogP) is -5.00. The Balaban J connectivity index is 0.845. The van der Waals surface area contributed by atoms with Crippen LogP contribution in [0, 0.1) is 33.5 Å². The molecule has 100 heavy (non-hydrogen) atoms. The summed E-state index contributed by atoms with van der Waals surface area (Å²) in [5, 5.41) is 193. The number of carbonyl (C=O) groups is 1. The first-order valence-corrected chi connectivity index (χ1v) is 34.9. The Labute approximate surface area is 579 Å². The van der Waals surface area contributed by atoms with Gasteiger partial charge in [0.25, 0.3) is 0 Å². The van der Waals surface area contributed by atoms with Gasteiger partial charge in [-0.3, -0.25) is 4.79 Å². The minimum atomic E-state index is -2.10. The quantitative estimate of drug-likeness (QED) is 0.0291. The Morgan fingerprint density at radius 2 is 1.00 bits per heavy atom. The van der Waals surface area contributed by atoms with E-state index in [4.69, 9.17) is 71.1 Å². The maximum atomic E-state index is 14.7. The summed E-state index contributed by atoms with van der Waals surface area (Å²) in [4.78, 5) is 14.7. The van der Waals surface area contributed by atoms with Crippen LogP contribution in [0.25, 0.3) is 0 Å². The average Bonchev–Trinajstić information content (AvgIpc) is 1.50. The highest BCUT2D eigenvalue weighted by Gasteiger charge is 2.85. The van der Waals surface area contributed by atoms with Crippen molar-refractivity contribution < 1.29 is 163 Å². The molecule has 1 spiro atoms. The van der Waals surface area contributed by atoms with Crippen molar-refractivity contribution in [3.8, 4) is 0 Å². The lowest BCUT2D eigenvalue weighted by Crippen LogP contribution is -2.68. The normalized spacial score (nSPS) is 53.1. The number of fused-ring (bicyclic) bond motifs is 4. The molecule has 1 unspecified atom stereocenters. The van der Waals surface area contributed by atoms with Gasteiger partial charge in [-0.15, -0.1) is 0 Å². The summed E-state index contributed by atoms with van der Waals surface area (Å²) in [6.45, 7) is 11.5. The molecule has 574 valence electrons. The SMILES string of the molecule is CO[C@@H]1[C@@H](O)[C@H](O[C@@H]2[C@@H](O)[C@H](O[C@H]3[C@H](O)[C@@H](O)C(O[C@H]4[C@H](O[C@H]5CC[C@]6(C)C7=C[C@H](O)[C@]89C(=O)O[C@@](C)(CCC=C(C)C)[C@@]8(O)CC[C@@]9(C)[C@@H]7CC[C@H]6C5(C)C)OC[C@@H](O[C@H]5O[C@H](CO)[C@@H](O)[C@H](O[C@@H]6O[C@H](CO)[C@@H](O)[C@H](OC)[C@H]6O)[C@H]5O)[C@@H]4O)O[C@@H]3C)O[C@H](CO)[C@H]2O)O[C@H](CO)[C@H]1O. The highest BCUT2D eigenvalue weighted by molar-refractivity contribution is 5.86. The van der Waals surface area contributed by atoms with Gasteiger partial charge in [0.1, 0.15) is 151 Å². The second kappa shape index (κ2) is 30.0. The first-order chi connectivity index (χ1) is 47.1. The summed E-state index contributed by atoms with van der Waals surface area (Å²) in [6.07, 6.45) is -44.2. The molecule has 10 fully saturated rings. The number of hydrogen-bond acceptors (Lipinski definition) is 33. The van der Waals surface area contributed by atoms with E-state index in [0.29, 0.717) is 44.9 Å². The monoisotopic (exact) mass is 1440 g/mol. The molecule has 4 aliphatic carbocycles. The minimum absolute atomic E-state index is 0.168. The van der Waals surface area contributed by atoms with E-state index in [0.717, 1.165) is 11.1 Å². The summed E-state index contributed by atoms with van der Waals surface area (Å²) in [6, 6.07) is 0. The van der Waals surface area contributed by atoms with Gasteiger partial charge in [-0.2, -0.15) is 0 Å². The van der Waals surface area contributed by atoms with Gasteiger partial charge in [-0.25, -0.2) is 0 Å². The summed E-state index contributed by atoms with van der Waals surface area (Å²) >= 11 is 0. The van der Waals surface area contributed by atoms with Crippen molar-refractivity contribution in [2.45, 2.75) is 308 Å². The largest absolute Gasteiger partial charge is 0.456 e. The lowest BCUT2D eigenvalue weighted by atomic mass is 9.40. The van der Waals surface area contributed by atoms with Gasteiger partial charge >= 0.3 is 5.97 Å². The van der Waals surface area contributed by atoms with Gasteiger partial charge in [0.15, 0.2) is 37.7 Å². The molecule has 0 bridgehead atoms. The highest BCUT2D eigenvalue weighted by Crippen LogP contribution is 2.77. The zero-order chi connectivity index (χ0) is 73.0. The number of aliphatic hydroxyl groups is 17. The van der Waals surface area contributed by atoms with E-state index >= 15 is 0 Å². The molecule has 38 atom stereocenters. The summed E-state index contributed by atoms with van der Waals surface area (Å²) in [5.74, 6) is -1.00. The molecule has 7 saturated heterocycles. The molecule has 33 nitrogen and oxygen atoms in total. The number of cyclic esters (lactones) is 1. The number of rotatable bonds is 21. The minimum Gasteiger partial charge on any atom is -0.456 e. The van der Waals surface area contributed by atoms with Crippen LogP contribution in [-0.2, 0) is 75.8 Å². The molecule has 0 aromatic heterocycles. The van der Waals surface area contributed by atoms with Crippen LogP contribution in [0.2, 0.25) is 0 Å². The number of methoxy groups -OCH3 is 2. The van der Waals surface area contributed by atoms with Crippen LogP contribution in [0.4, 0.5) is 0 Å². The van der Waals surface area contributed by atoms with Crippen molar-refractivity contribution in [2.24, 2.45) is 33.5 Å². The van der Waals surface area contributed by atoms with E-state index in [-0.39, 0.29) is 18.3 Å². The van der Waals surface area contributed by atoms with E-state index in [1.54, 1.807) is 13.0 Å². The molecule has 7 aliphatic heterocycles. The number of ether oxygens (including phenoxy) is 15. The molecule has 33 heteroatoms. The molecule has 7 heterocycles. The summed E-state index contributed by atoms with van der Waals surface area (Å²) < 4.78 is 89.9. The molecule has 0 radical (unpaired) electrons. The van der Waals surface area contributed by atoms with Gasteiger partial charge in [0, 0.05) is 14.2 Å².